The summed E-state index contributed by atoms with van der Waals surface area (Å²) in [5, 5.41) is 26.3. The lowest BCUT2D eigenvalue weighted by Gasteiger charge is -2.25. The first-order valence-electron chi connectivity index (χ1n) is 13.1. The molecule has 7 rings (SSSR count). The number of aliphatic hydroxyl groups is 2. The molecule has 0 amide bonds. The van der Waals surface area contributed by atoms with Gasteiger partial charge in [-0.15, -0.1) is 0 Å². The Hall–Kier alpha value is -3.37. The van der Waals surface area contributed by atoms with Gasteiger partial charge < -0.3 is 40.9 Å². The first-order chi connectivity index (χ1) is 21.3. The Balaban J connectivity index is 1.21. The summed E-state index contributed by atoms with van der Waals surface area (Å²) in [6.45, 7) is -1.63. The van der Waals surface area contributed by atoms with Crippen molar-refractivity contribution in [3.63, 3.8) is 0 Å². The van der Waals surface area contributed by atoms with E-state index in [-0.39, 0.29) is 34.1 Å². The summed E-state index contributed by atoms with van der Waals surface area (Å²) in [5.41, 5.74) is 11.0. The minimum Gasteiger partial charge on any atom is -0.387 e. The number of nitrogens with one attached hydrogen (secondary N) is 1. The molecule has 3 aliphatic rings. The Morgan fingerprint density at radius 3 is 2.42 bits per heavy atom. The topological polar surface area (TPSA) is 316 Å². The number of nitrogen functional groups attached to an aromatic ring is 2. The van der Waals surface area contributed by atoms with Crippen LogP contribution < -0.4 is 17.0 Å². The number of hydrogen-bond donors (Lipinski definition) is 7. The van der Waals surface area contributed by atoms with E-state index >= 15 is 0 Å². The van der Waals surface area contributed by atoms with E-state index in [4.69, 9.17) is 39.0 Å². The number of nitrogens with two attached hydrogens (primary N) is 2. The summed E-state index contributed by atoms with van der Waals surface area (Å²) in [6, 6.07) is 1.49. The fraction of sp³-hybridized carbons (Fsp3) is 0.476. The fourth-order valence-corrected chi connectivity index (χ4v) is 7.31. The van der Waals surface area contributed by atoms with Crippen LogP contribution in [0.2, 0.25) is 0 Å². The van der Waals surface area contributed by atoms with E-state index in [9.17, 15) is 33.9 Å². The zero-order valence-corrected chi connectivity index (χ0v) is 24.3. The molecule has 3 fully saturated rings. The number of imidazole rings is 1. The van der Waals surface area contributed by atoms with Gasteiger partial charge in [0.2, 0.25) is 5.95 Å². The highest BCUT2D eigenvalue weighted by Crippen LogP contribution is 2.54. The second kappa shape index (κ2) is 10.9. The van der Waals surface area contributed by atoms with E-state index < -0.39 is 83.4 Å². The number of rotatable bonds is 2. The van der Waals surface area contributed by atoms with Crippen LogP contribution in [0.5, 0.6) is 0 Å². The Morgan fingerprint density at radius 1 is 0.956 bits per heavy atom. The largest absolute Gasteiger partial charge is 0.472 e. The average molecular weight is 673 g/mol. The molecule has 45 heavy (non-hydrogen) atoms. The average Bonchev–Trinajstić information content (AvgIpc) is 3.72. The molecule has 4 aromatic heterocycles. The van der Waals surface area contributed by atoms with E-state index in [1.54, 1.807) is 0 Å². The first-order valence-corrected chi connectivity index (χ1v) is 16.1. The van der Waals surface area contributed by atoms with Crippen molar-refractivity contribution in [3.8, 4) is 0 Å². The highest BCUT2D eigenvalue weighted by Gasteiger charge is 2.54. The lowest BCUT2D eigenvalue weighted by atomic mass is 10.0. The second-order valence-electron chi connectivity index (χ2n) is 10.3. The summed E-state index contributed by atoms with van der Waals surface area (Å²) in [5.74, 6) is -0.0589. The zero-order chi connectivity index (χ0) is 31.8. The molecule has 2 bridgehead atoms. The maximum atomic E-state index is 13.2. The molecule has 9 N–H and O–H groups in total. The summed E-state index contributed by atoms with van der Waals surface area (Å²) >= 11 is 0. The molecule has 0 aliphatic carbocycles. The van der Waals surface area contributed by atoms with E-state index in [0.717, 1.165) is 10.9 Å². The normalized spacial score (nSPS) is 37.7. The van der Waals surface area contributed by atoms with Crippen LogP contribution >= 0.6 is 15.6 Å². The number of aliphatic hydroxyl groups excluding tert-OH is 2. The maximum Gasteiger partial charge on any atom is 0.472 e. The van der Waals surface area contributed by atoms with Crippen molar-refractivity contribution in [2.75, 3.05) is 24.7 Å². The highest BCUT2D eigenvalue weighted by atomic mass is 31.2. The predicted molar refractivity (Wildman–Crippen MR) is 145 cm³/mol. The van der Waals surface area contributed by atoms with Gasteiger partial charge in [-0.05, 0) is 6.07 Å². The quantitative estimate of drug-likeness (QED) is 0.114. The van der Waals surface area contributed by atoms with E-state index in [2.05, 4.69) is 25.0 Å². The molecular formula is C21H25N9O13P2. The molecule has 24 heteroatoms. The van der Waals surface area contributed by atoms with Crippen molar-refractivity contribution in [1.29, 1.82) is 0 Å². The van der Waals surface area contributed by atoms with Crippen LogP contribution in [0, 0.1) is 0 Å². The summed E-state index contributed by atoms with van der Waals surface area (Å²) in [6.07, 6.45) is -8.65. The first kappa shape index (κ1) is 30.3. The van der Waals surface area contributed by atoms with Crippen molar-refractivity contribution in [1.82, 2.24) is 34.1 Å². The SMILES string of the molecule is Nc1nc2c(ncn2[C@@H]2O[C@@H]3COP(=O)(O)O[C@H]4[C@@H](O)[C@H](c5cnn6c(N)ccnc56)O[C@@H]4COP(=O)(O)O[C@@H]2[C@@H]3O)c(=O)[nH]1. The Kier molecular flexibility index (Phi) is 7.32. The molecule has 0 saturated carbocycles. The van der Waals surface area contributed by atoms with Crippen LogP contribution in [0.15, 0.2) is 29.6 Å². The fourth-order valence-electron chi connectivity index (χ4n) is 5.41. The Bertz CT molecular complexity index is 1930. The number of ether oxygens (including phenoxy) is 2. The number of aromatic amines is 1. The van der Waals surface area contributed by atoms with Crippen molar-refractivity contribution in [3.05, 3.63) is 40.7 Å². The molecule has 0 aromatic carbocycles. The van der Waals surface area contributed by atoms with Crippen LogP contribution in [0.4, 0.5) is 11.8 Å². The summed E-state index contributed by atoms with van der Waals surface area (Å²) < 4.78 is 61.2. The minimum absolute atomic E-state index is 0.124. The Morgan fingerprint density at radius 2 is 1.67 bits per heavy atom. The minimum atomic E-state index is -5.10. The third-order valence-electron chi connectivity index (χ3n) is 7.45. The second-order valence-corrected chi connectivity index (χ2v) is 13.1. The number of phosphoric ester groups is 2. The predicted octanol–water partition coefficient (Wildman–Crippen LogP) is -1.90. The molecule has 0 spiro atoms. The van der Waals surface area contributed by atoms with E-state index in [0.29, 0.717) is 0 Å². The van der Waals surface area contributed by atoms with Crippen molar-refractivity contribution in [2.24, 2.45) is 0 Å². The number of nitrogens with zero attached hydrogens (tertiary/aromatic N) is 6. The smallest absolute Gasteiger partial charge is 0.387 e. The lowest BCUT2D eigenvalue weighted by Crippen LogP contribution is -2.35. The standard InChI is InChI=1S/C21H25N9O13P2/c22-10-1-2-24-17-7(3-26-30(10)17)14-13(32)15-9(40-14)5-39-45(36,37)43-16-12(31)8(4-38-44(34,35)42-15)41-20(16)29-6-25-11-18(29)27-21(23)28-19(11)33/h1-3,6,8-9,12-16,20,31-32H,4-5,22H2,(H,34,35)(H,36,37)(H3,23,27,28,33)/t8-,9-,12-,13+,14+,15-,16-,20-/m1/s1. The van der Waals surface area contributed by atoms with Crippen molar-refractivity contribution < 1.29 is 56.7 Å². The number of aromatic nitrogens is 7. The van der Waals surface area contributed by atoms with Crippen molar-refractivity contribution in [2.45, 2.75) is 49.0 Å². The monoisotopic (exact) mass is 673 g/mol. The molecule has 2 unspecified atom stereocenters. The number of anilines is 2. The van der Waals surface area contributed by atoms with Gasteiger partial charge in [0.1, 0.15) is 48.5 Å². The maximum absolute atomic E-state index is 13.2. The van der Waals surface area contributed by atoms with Gasteiger partial charge in [0, 0.05) is 11.8 Å². The molecule has 4 aromatic rings. The molecule has 22 nitrogen and oxygen atoms in total. The van der Waals surface area contributed by atoms with Crippen LogP contribution in [-0.4, -0.2) is 104 Å². The van der Waals surface area contributed by atoms with Gasteiger partial charge >= 0.3 is 15.6 Å². The molecular weight excluding hydrogens is 648 g/mol. The summed E-state index contributed by atoms with van der Waals surface area (Å²) in [4.78, 5) is 48.0. The molecule has 7 heterocycles. The van der Waals surface area contributed by atoms with Gasteiger partial charge in [0.05, 0.1) is 25.7 Å². The van der Waals surface area contributed by atoms with Gasteiger partial charge in [-0.2, -0.15) is 14.6 Å². The Labute approximate surface area is 249 Å². The molecule has 0 radical (unpaired) electrons. The van der Waals surface area contributed by atoms with Crippen LogP contribution in [0.3, 0.4) is 0 Å². The lowest BCUT2D eigenvalue weighted by molar-refractivity contribution is -0.0636. The van der Waals surface area contributed by atoms with Gasteiger partial charge in [0.15, 0.2) is 23.0 Å². The molecule has 10 atom stereocenters. The van der Waals surface area contributed by atoms with E-state index in [1.165, 1.54) is 23.0 Å². The van der Waals surface area contributed by atoms with Gasteiger partial charge in [-0.3, -0.25) is 32.4 Å². The third-order valence-corrected chi connectivity index (χ3v) is 9.42. The molecule has 3 saturated heterocycles. The number of fused-ring (bicyclic) bond motifs is 5. The number of phosphoric acid groups is 2. The third kappa shape index (κ3) is 5.33. The van der Waals surface area contributed by atoms with Gasteiger partial charge in [-0.1, -0.05) is 0 Å². The molecule has 3 aliphatic heterocycles. The van der Waals surface area contributed by atoms with E-state index in [1.807, 2.05) is 0 Å². The molecule has 242 valence electrons. The van der Waals surface area contributed by atoms with Crippen LogP contribution in [-0.2, 0) is 36.7 Å². The number of H-pyrrole nitrogens is 1. The van der Waals surface area contributed by atoms with Gasteiger partial charge in [0.25, 0.3) is 5.56 Å². The van der Waals surface area contributed by atoms with Crippen LogP contribution in [0.25, 0.3) is 16.8 Å². The zero-order valence-electron chi connectivity index (χ0n) is 22.5. The van der Waals surface area contributed by atoms with Gasteiger partial charge in [-0.25, -0.2) is 19.1 Å². The van der Waals surface area contributed by atoms with Crippen molar-refractivity contribution >= 4 is 44.2 Å². The highest BCUT2D eigenvalue weighted by molar-refractivity contribution is 7.47. The number of hydrogen-bond acceptors (Lipinski definition) is 17. The summed E-state index contributed by atoms with van der Waals surface area (Å²) in [7, 11) is -10.2. The van der Waals surface area contributed by atoms with Crippen LogP contribution in [0.1, 0.15) is 17.9 Å².